The Morgan fingerprint density at radius 1 is 1.35 bits per heavy atom. The zero-order chi connectivity index (χ0) is 18.5. The maximum absolute atomic E-state index is 12.6. The van der Waals surface area contributed by atoms with Gasteiger partial charge in [-0.15, -0.1) is 0 Å². The van der Waals surface area contributed by atoms with Crippen molar-refractivity contribution in [2.45, 2.75) is 31.5 Å². The minimum absolute atomic E-state index is 0.0562. The van der Waals surface area contributed by atoms with Gasteiger partial charge in [-0.05, 0) is 23.5 Å². The molecule has 26 heavy (non-hydrogen) atoms. The van der Waals surface area contributed by atoms with Crippen molar-refractivity contribution in [3.05, 3.63) is 52.5 Å². The molecule has 0 aliphatic carbocycles. The Morgan fingerprint density at radius 3 is 2.77 bits per heavy atom. The maximum atomic E-state index is 12.6. The summed E-state index contributed by atoms with van der Waals surface area (Å²) in [5.74, 6) is -0.216. The molecule has 0 saturated carbocycles. The first kappa shape index (κ1) is 18.4. The third-order valence-electron chi connectivity index (χ3n) is 4.06. The lowest BCUT2D eigenvalue weighted by molar-refractivity contribution is -0.123. The van der Waals surface area contributed by atoms with Crippen LogP contribution in [0.3, 0.4) is 0 Å². The number of aromatic nitrogens is 1. The Bertz CT molecular complexity index is 753. The number of halogens is 2. The van der Waals surface area contributed by atoms with Crippen LogP contribution in [0.25, 0.3) is 0 Å². The topological polar surface area (TPSA) is 80.3 Å². The molecule has 0 spiro atoms. The first-order valence-corrected chi connectivity index (χ1v) is 8.82. The van der Waals surface area contributed by atoms with Gasteiger partial charge in [-0.25, -0.2) is 17.9 Å². The summed E-state index contributed by atoms with van der Waals surface area (Å²) < 4.78 is 34.4. The standard InChI is InChI=1S/C17H17F2N3O3S/c18-16(19)12-3-1-10(2-4-12)5-13-15(14(23)8-20-13)25-17(24)21-6-11-7-22-26-9-11/h1-4,7,9,13,15-16,20H,5-6,8H2,(H,21,24)/t13-,15+/m1/s1. The van der Waals surface area contributed by atoms with Crippen LogP contribution in [-0.4, -0.2) is 34.9 Å². The van der Waals surface area contributed by atoms with Gasteiger partial charge in [0.05, 0.1) is 12.6 Å². The number of alkyl halides is 2. The predicted octanol–water partition coefficient (Wildman–Crippen LogP) is 2.46. The fourth-order valence-electron chi connectivity index (χ4n) is 2.69. The van der Waals surface area contributed by atoms with Gasteiger partial charge in [0.2, 0.25) is 0 Å². The second kappa shape index (κ2) is 8.33. The molecule has 0 radical (unpaired) electrons. The van der Waals surface area contributed by atoms with Gasteiger partial charge in [0, 0.05) is 29.2 Å². The highest BCUT2D eigenvalue weighted by Gasteiger charge is 2.37. The van der Waals surface area contributed by atoms with E-state index in [2.05, 4.69) is 15.0 Å². The predicted molar refractivity (Wildman–Crippen MR) is 91.1 cm³/mol. The van der Waals surface area contributed by atoms with Crippen LogP contribution in [0.15, 0.2) is 35.8 Å². The Kier molecular flexibility index (Phi) is 5.89. The number of nitrogens with one attached hydrogen (secondary N) is 2. The summed E-state index contributed by atoms with van der Waals surface area (Å²) in [6.45, 7) is 0.371. The van der Waals surface area contributed by atoms with Gasteiger partial charge >= 0.3 is 6.09 Å². The average molecular weight is 381 g/mol. The lowest BCUT2D eigenvalue weighted by Gasteiger charge is -2.19. The number of carbonyl (C=O) groups is 2. The van der Waals surface area contributed by atoms with E-state index in [1.54, 1.807) is 23.7 Å². The summed E-state index contributed by atoms with van der Waals surface area (Å²) in [6.07, 6.45) is -2.09. The molecule has 3 rings (SSSR count). The number of Topliss-reactive ketones (excluding diaryl/α,β-unsaturated/α-hetero) is 1. The number of nitrogens with zero attached hydrogens (tertiary/aromatic N) is 1. The number of ether oxygens (including phenoxy) is 1. The van der Waals surface area contributed by atoms with Crippen LogP contribution in [-0.2, 0) is 22.5 Å². The minimum atomic E-state index is -2.52. The molecule has 1 amide bonds. The van der Waals surface area contributed by atoms with E-state index in [1.807, 2.05) is 0 Å². The fourth-order valence-corrected chi connectivity index (χ4v) is 3.23. The minimum Gasteiger partial charge on any atom is -0.436 e. The smallest absolute Gasteiger partial charge is 0.408 e. The molecule has 1 aliphatic heterocycles. The third-order valence-corrected chi connectivity index (χ3v) is 4.70. The molecule has 1 saturated heterocycles. The zero-order valence-corrected chi connectivity index (χ0v) is 14.5. The summed E-state index contributed by atoms with van der Waals surface area (Å²) in [4.78, 5) is 24.0. The van der Waals surface area contributed by atoms with Crippen LogP contribution in [0.5, 0.6) is 0 Å². The van der Waals surface area contributed by atoms with Gasteiger partial charge in [-0.2, -0.15) is 0 Å². The van der Waals surface area contributed by atoms with Crippen molar-refractivity contribution in [3.8, 4) is 0 Å². The quantitative estimate of drug-likeness (QED) is 0.804. The van der Waals surface area contributed by atoms with Crippen molar-refractivity contribution < 1.29 is 23.1 Å². The molecular formula is C17H17F2N3O3S. The third kappa shape index (κ3) is 4.61. The van der Waals surface area contributed by atoms with Crippen LogP contribution in [0.4, 0.5) is 13.6 Å². The van der Waals surface area contributed by atoms with Gasteiger partial charge in [0.25, 0.3) is 6.43 Å². The summed E-state index contributed by atoms with van der Waals surface area (Å²) in [7, 11) is 0. The SMILES string of the molecule is O=C(NCc1cnsc1)O[C@@H]1C(=O)CN[C@@H]1Cc1ccc(C(F)F)cc1. The van der Waals surface area contributed by atoms with Gasteiger partial charge in [0.15, 0.2) is 11.9 Å². The van der Waals surface area contributed by atoms with E-state index < -0.39 is 24.7 Å². The second-order valence-corrected chi connectivity index (χ2v) is 6.57. The molecular weight excluding hydrogens is 364 g/mol. The highest BCUT2D eigenvalue weighted by molar-refractivity contribution is 7.03. The van der Waals surface area contributed by atoms with Crippen molar-refractivity contribution in [1.82, 2.24) is 15.0 Å². The van der Waals surface area contributed by atoms with Crippen molar-refractivity contribution in [3.63, 3.8) is 0 Å². The number of alkyl carbamates (subject to hydrolysis) is 1. The van der Waals surface area contributed by atoms with Gasteiger partial charge in [-0.1, -0.05) is 24.3 Å². The molecule has 138 valence electrons. The van der Waals surface area contributed by atoms with Crippen molar-refractivity contribution in [2.75, 3.05) is 6.54 Å². The number of ketones is 1. The molecule has 6 nitrogen and oxygen atoms in total. The fraction of sp³-hybridized carbons (Fsp3) is 0.353. The monoisotopic (exact) mass is 381 g/mol. The number of benzene rings is 1. The second-order valence-electron chi connectivity index (χ2n) is 5.91. The number of carbonyl (C=O) groups excluding carboxylic acids is 2. The highest BCUT2D eigenvalue weighted by atomic mass is 32.1. The summed E-state index contributed by atoms with van der Waals surface area (Å²) in [5, 5.41) is 7.39. The number of hydrogen-bond donors (Lipinski definition) is 2. The van der Waals surface area contributed by atoms with Crippen LogP contribution in [0, 0.1) is 0 Å². The molecule has 2 N–H and O–H groups in total. The van der Waals surface area contributed by atoms with Crippen LogP contribution >= 0.6 is 11.5 Å². The van der Waals surface area contributed by atoms with E-state index in [4.69, 9.17) is 4.74 Å². The molecule has 1 fully saturated rings. The van der Waals surface area contributed by atoms with Crippen molar-refractivity contribution in [1.29, 1.82) is 0 Å². The van der Waals surface area contributed by atoms with E-state index in [9.17, 15) is 18.4 Å². The zero-order valence-electron chi connectivity index (χ0n) is 13.7. The van der Waals surface area contributed by atoms with Crippen molar-refractivity contribution >= 4 is 23.4 Å². The molecule has 1 aliphatic rings. The highest BCUT2D eigenvalue weighted by Crippen LogP contribution is 2.20. The number of amides is 1. The Balaban J connectivity index is 1.56. The van der Waals surface area contributed by atoms with E-state index in [0.717, 1.165) is 11.1 Å². The summed E-state index contributed by atoms with van der Waals surface area (Å²) >= 11 is 1.28. The molecule has 2 aromatic rings. The average Bonchev–Trinajstić information content (AvgIpc) is 3.26. The Labute approximate surface area is 152 Å². The van der Waals surface area contributed by atoms with E-state index in [0.29, 0.717) is 6.42 Å². The van der Waals surface area contributed by atoms with E-state index in [1.165, 1.54) is 23.7 Å². The van der Waals surface area contributed by atoms with E-state index in [-0.39, 0.29) is 24.4 Å². The Hall–Kier alpha value is -2.39. The van der Waals surface area contributed by atoms with Crippen LogP contribution in [0.2, 0.25) is 0 Å². The molecule has 1 aromatic heterocycles. The maximum Gasteiger partial charge on any atom is 0.408 e. The summed E-state index contributed by atoms with van der Waals surface area (Å²) in [6, 6.07) is 5.50. The first-order valence-electron chi connectivity index (χ1n) is 7.99. The molecule has 0 bridgehead atoms. The normalized spacial score (nSPS) is 19.7. The first-order chi connectivity index (χ1) is 12.5. The summed E-state index contributed by atoms with van der Waals surface area (Å²) in [5.41, 5.74) is 1.57. The van der Waals surface area contributed by atoms with Crippen LogP contribution < -0.4 is 10.6 Å². The van der Waals surface area contributed by atoms with Crippen molar-refractivity contribution in [2.24, 2.45) is 0 Å². The number of hydrogen-bond acceptors (Lipinski definition) is 6. The lowest BCUT2D eigenvalue weighted by atomic mass is 10.0. The van der Waals surface area contributed by atoms with Crippen LogP contribution in [0.1, 0.15) is 23.1 Å². The van der Waals surface area contributed by atoms with Gasteiger partial charge < -0.3 is 15.4 Å². The molecule has 2 heterocycles. The molecule has 0 unspecified atom stereocenters. The number of rotatable bonds is 6. The van der Waals surface area contributed by atoms with E-state index >= 15 is 0 Å². The molecule has 9 heteroatoms. The molecule has 1 aromatic carbocycles. The van der Waals surface area contributed by atoms with Gasteiger partial charge in [0.1, 0.15) is 0 Å². The van der Waals surface area contributed by atoms with Gasteiger partial charge in [-0.3, -0.25) is 4.79 Å². The molecule has 2 atom stereocenters. The Morgan fingerprint density at radius 2 is 2.12 bits per heavy atom. The lowest BCUT2D eigenvalue weighted by Crippen LogP contribution is -2.40. The largest absolute Gasteiger partial charge is 0.436 e.